The summed E-state index contributed by atoms with van der Waals surface area (Å²) in [7, 11) is 0. The number of carboxylic acid groups (broad SMARTS) is 1. The number of furan rings is 1. The number of nitrogens with two attached hydrogens (primary N) is 1. The summed E-state index contributed by atoms with van der Waals surface area (Å²) in [5, 5.41) is 11.1. The van der Waals surface area contributed by atoms with Gasteiger partial charge < -0.3 is 20.6 Å². The second-order valence-electron chi connectivity index (χ2n) is 3.24. The molecule has 6 nitrogen and oxygen atoms in total. The minimum absolute atomic E-state index is 0.0696. The Morgan fingerprint density at radius 2 is 2.25 bits per heavy atom. The van der Waals surface area contributed by atoms with Crippen LogP contribution in [0.4, 0.5) is 0 Å². The van der Waals surface area contributed by atoms with Crippen LogP contribution in [-0.2, 0) is 11.3 Å². The van der Waals surface area contributed by atoms with Gasteiger partial charge in [0, 0.05) is 0 Å². The van der Waals surface area contributed by atoms with Gasteiger partial charge in [0.25, 0.3) is 5.91 Å². The number of carbonyl (C=O) groups excluding carboxylic acids is 1. The van der Waals surface area contributed by atoms with Crippen molar-refractivity contribution in [3.63, 3.8) is 0 Å². The Labute approximate surface area is 92.4 Å². The van der Waals surface area contributed by atoms with Crippen molar-refractivity contribution in [3.8, 4) is 0 Å². The Bertz CT molecular complexity index is 386. The average Bonchev–Trinajstić information content (AvgIpc) is 2.73. The molecule has 0 aliphatic carbocycles. The predicted octanol–water partition coefficient (Wildman–Crippen LogP) is 0.331. The molecule has 1 aromatic heterocycles. The zero-order valence-electron chi connectivity index (χ0n) is 8.90. The van der Waals surface area contributed by atoms with Gasteiger partial charge in [0.15, 0.2) is 5.76 Å². The van der Waals surface area contributed by atoms with E-state index in [9.17, 15) is 9.59 Å². The maximum Gasteiger partial charge on any atom is 0.326 e. The first kappa shape index (κ1) is 12.3. The smallest absolute Gasteiger partial charge is 0.326 e. The van der Waals surface area contributed by atoms with Gasteiger partial charge in [-0.15, -0.1) is 0 Å². The number of carbonyl (C=O) groups is 2. The molecule has 0 aliphatic rings. The quantitative estimate of drug-likeness (QED) is 0.671. The lowest BCUT2D eigenvalue weighted by Crippen LogP contribution is -2.40. The van der Waals surface area contributed by atoms with Gasteiger partial charge in [0.1, 0.15) is 11.8 Å². The molecule has 1 amide bonds. The van der Waals surface area contributed by atoms with Crippen LogP contribution in [0.5, 0.6) is 0 Å². The molecule has 1 heterocycles. The minimum Gasteiger partial charge on any atom is -0.480 e. The lowest BCUT2D eigenvalue weighted by Gasteiger charge is -2.10. The van der Waals surface area contributed by atoms with E-state index < -0.39 is 17.9 Å². The molecule has 1 rings (SSSR count). The van der Waals surface area contributed by atoms with E-state index >= 15 is 0 Å². The largest absolute Gasteiger partial charge is 0.480 e. The highest BCUT2D eigenvalue weighted by atomic mass is 16.4. The molecule has 16 heavy (non-hydrogen) atoms. The summed E-state index contributed by atoms with van der Waals surface area (Å²) in [6.07, 6.45) is 0.311. The normalized spacial score (nSPS) is 12.1. The topological polar surface area (TPSA) is 106 Å². The summed E-state index contributed by atoms with van der Waals surface area (Å²) in [6, 6.07) is 2.14. The second-order valence-corrected chi connectivity index (χ2v) is 3.24. The highest BCUT2D eigenvalue weighted by Gasteiger charge is 2.20. The van der Waals surface area contributed by atoms with E-state index in [2.05, 4.69) is 5.32 Å². The Kier molecular flexibility index (Phi) is 4.07. The van der Waals surface area contributed by atoms with Crippen LogP contribution in [0.25, 0.3) is 0 Å². The lowest BCUT2D eigenvalue weighted by atomic mass is 10.2. The summed E-state index contributed by atoms with van der Waals surface area (Å²) in [6.45, 7) is 1.87. The molecule has 0 unspecified atom stereocenters. The van der Waals surface area contributed by atoms with E-state index in [0.29, 0.717) is 12.2 Å². The van der Waals surface area contributed by atoms with Crippen LogP contribution in [0.3, 0.4) is 0 Å². The summed E-state index contributed by atoms with van der Waals surface area (Å²) < 4.78 is 5.09. The molecule has 0 bridgehead atoms. The summed E-state index contributed by atoms with van der Waals surface area (Å²) in [5.41, 5.74) is 5.32. The number of hydrogen-bond acceptors (Lipinski definition) is 4. The Hall–Kier alpha value is -1.82. The van der Waals surface area contributed by atoms with Crippen molar-refractivity contribution in [2.45, 2.75) is 25.9 Å². The fraction of sp³-hybridized carbons (Fsp3) is 0.400. The van der Waals surface area contributed by atoms with Crippen LogP contribution in [0.2, 0.25) is 0 Å². The highest BCUT2D eigenvalue weighted by molar-refractivity contribution is 5.94. The van der Waals surface area contributed by atoms with E-state index in [-0.39, 0.29) is 12.3 Å². The van der Waals surface area contributed by atoms with E-state index in [4.69, 9.17) is 15.3 Å². The lowest BCUT2D eigenvalue weighted by molar-refractivity contribution is -0.139. The van der Waals surface area contributed by atoms with Crippen LogP contribution >= 0.6 is 0 Å². The van der Waals surface area contributed by atoms with Crippen molar-refractivity contribution in [3.05, 3.63) is 23.7 Å². The maximum absolute atomic E-state index is 11.5. The van der Waals surface area contributed by atoms with Crippen LogP contribution in [0.15, 0.2) is 16.5 Å². The standard InChI is InChI=1S/C10H14N2O4/c1-2-7(10(14)15)12-9(13)8-4-3-6(5-11)16-8/h3-4,7H,2,5,11H2,1H3,(H,12,13)(H,14,15)/t7-/m0/s1. The fourth-order valence-electron chi connectivity index (χ4n) is 1.18. The average molecular weight is 226 g/mol. The van der Waals surface area contributed by atoms with Crippen molar-refractivity contribution >= 4 is 11.9 Å². The van der Waals surface area contributed by atoms with Gasteiger partial charge >= 0.3 is 5.97 Å². The van der Waals surface area contributed by atoms with Gasteiger partial charge in [0.2, 0.25) is 0 Å². The fourth-order valence-corrected chi connectivity index (χ4v) is 1.18. The van der Waals surface area contributed by atoms with Gasteiger partial charge in [-0.25, -0.2) is 4.79 Å². The number of carboxylic acids is 1. The first-order valence-corrected chi connectivity index (χ1v) is 4.91. The van der Waals surface area contributed by atoms with Gasteiger partial charge in [-0.2, -0.15) is 0 Å². The van der Waals surface area contributed by atoms with E-state index in [1.54, 1.807) is 13.0 Å². The van der Waals surface area contributed by atoms with Crippen molar-refractivity contribution in [1.29, 1.82) is 0 Å². The van der Waals surface area contributed by atoms with Gasteiger partial charge in [-0.3, -0.25) is 4.79 Å². The van der Waals surface area contributed by atoms with Gasteiger partial charge in [-0.1, -0.05) is 6.92 Å². The zero-order chi connectivity index (χ0) is 12.1. The summed E-state index contributed by atoms with van der Waals surface area (Å²) in [5.74, 6) is -1.07. The summed E-state index contributed by atoms with van der Waals surface area (Å²) >= 11 is 0. The number of aliphatic carboxylic acids is 1. The third-order valence-electron chi connectivity index (χ3n) is 2.10. The zero-order valence-corrected chi connectivity index (χ0v) is 8.90. The van der Waals surface area contributed by atoms with Crippen molar-refractivity contribution in [2.24, 2.45) is 5.73 Å². The van der Waals surface area contributed by atoms with E-state index in [1.807, 2.05) is 0 Å². The highest BCUT2D eigenvalue weighted by Crippen LogP contribution is 2.07. The third kappa shape index (κ3) is 2.83. The molecule has 0 spiro atoms. The molecule has 0 fully saturated rings. The number of rotatable bonds is 5. The molecular weight excluding hydrogens is 212 g/mol. The van der Waals surface area contributed by atoms with Gasteiger partial charge in [-0.05, 0) is 18.6 Å². The second kappa shape index (κ2) is 5.32. The van der Waals surface area contributed by atoms with Gasteiger partial charge in [0.05, 0.1) is 6.54 Å². The monoisotopic (exact) mass is 226 g/mol. The molecule has 6 heteroatoms. The third-order valence-corrected chi connectivity index (χ3v) is 2.10. The first-order valence-electron chi connectivity index (χ1n) is 4.91. The van der Waals surface area contributed by atoms with Crippen molar-refractivity contribution in [1.82, 2.24) is 5.32 Å². The Morgan fingerprint density at radius 1 is 1.56 bits per heavy atom. The Balaban J connectivity index is 2.67. The number of amides is 1. The van der Waals surface area contributed by atoms with E-state index in [1.165, 1.54) is 6.07 Å². The van der Waals surface area contributed by atoms with Crippen LogP contribution < -0.4 is 11.1 Å². The van der Waals surface area contributed by atoms with Crippen LogP contribution in [-0.4, -0.2) is 23.0 Å². The minimum atomic E-state index is -1.07. The number of hydrogen-bond donors (Lipinski definition) is 3. The van der Waals surface area contributed by atoms with Crippen LogP contribution in [0, 0.1) is 0 Å². The SMILES string of the molecule is CC[C@H](NC(=O)c1ccc(CN)o1)C(=O)O. The van der Waals surface area contributed by atoms with E-state index in [0.717, 1.165) is 0 Å². The maximum atomic E-state index is 11.5. The molecule has 0 radical (unpaired) electrons. The molecule has 1 atom stereocenters. The molecule has 4 N–H and O–H groups in total. The first-order chi connectivity index (χ1) is 7.58. The molecule has 0 aliphatic heterocycles. The molecule has 0 saturated carbocycles. The van der Waals surface area contributed by atoms with Crippen molar-refractivity contribution < 1.29 is 19.1 Å². The Morgan fingerprint density at radius 3 is 2.69 bits per heavy atom. The molecule has 1 aromatic rings. The summed E-state index contributed by atoms with van der Waals surface area (Å²) in [4.78, 5) is 22.2. The number of nitrogens with one attached hydrogen (secondary N) is 1. The molecule has 0 saturated heterocycles. The molecule has 0 aromatic carbocycles. The van der Waals surface area contributed by atoms with Crippen LogP contribution in [0.1, 0.15) is 29.7 Å². The predicted molar refractivity (Wildman–Crippen MR) is 55.8 cm³/mol. The van der Waals surface area contributed by atoms with Crippen molar-refractivity contribution in [2.75, 3.05) is 0 Å². The molecular formula is C10H14N2O4. The molecule has 88 valence electrons.